The fourth-order valence-electron chi connectivity index (χ4n) is 2.26. The van der Waals surface area contributed by atoms with Crippen LogP contribution >= 0.6 is 0 Å². The third kappa shape index (κ3) is 3.13. The lowest BCUT2D eigenvalue weighted by atomic mass is 10.0. The van der Waals surface area contributed by atoms with Crippen LogP contribution in [-0.2, 0) is 6.18 Å². The molecular weight excluding hydrogens is 328 g/mol. The molecule has 126 valence electrons. The number of aromatic amines is 1. The number of carbonyl (C=O) groups excluding carboxylic acids is 1. The maximum atomic E-state index is 13.1. The maximum Gasteiger partial charge on any atom is 0.454 e. The summed E-state index contributed by atoms with van der Waals surface area (Å²) in [4.78, 5) is 13.4. The number of carbonyl (C=O) groups is 1. The first-order valence-corrected chi connectivity index (χ1v) is 6.44. The van der Waals surface area contributed by atoms with E-state index in [0.29, 0.717) is 5.56 Å². The zero-order chi connectivity index (χ0) is 17.6. The molecule has 3 nitrogen and oxygen atoms in total. The molecule has 0 radical (unpaired) electrons. The van der Waals surface area contributed by atoms with Gasteiger partial charge in [-0.25, -0.2) is 0 Å². The molecule has 0 amide bonds. The highest BCUT2D eigenvalue weighted by atomic mass is 19.4. The summed E-state index contributed by atoms with van der Waals surface area (Å²) in [7, 11) is 0. The molecular formula is C14H11F6NO2. The van der Waals surface area contributed by atoms with Gasteiger partial charge in [-0.2, -0.15) is 26.3 Å². The minimum absolute atomic E-state index is 0.0470. The van der Waals surface area contributed by atoms with Crippen LogP contribution in [0.3, 0.4) is 0 Å². The second kappa shape index (κ2) is 5.47. The molecule has 0 aliphatic carbocycles. The number of halogens is 6. The lowest BCUT2D eigenvalue weighted by Crippen LogP contribution is -2.25. The smallest absolute Gasteiger partial charge is 0.454 e. The molecule has 0 unspecified atom stereocenters. The Bertz CT molecular complexity index is 757. The highest BCUT2D eigenvalue weighted by Gasteiger charge is 2.47. The Morgan fingerprint density at radius 1 is 1.17 bits per heavy atom. The molecule has 1 aromatic heterocycles. The van der Waals surface area contributed by atoms with Crippen molar-refractivity contribution < 1.29 is 35.9 Å². The Labute approximate surface area is 126 Å². The molecule has 23 heavy (non-hydrogen) atoms. The molecule has 0 aliphatic rings. The molecule has 1 heterocycles. The minimum Gasteiger partial charge on any atom is -0.492 e. The third-order valence-electron chi connectivity index (χ3n) is 3.08. The number of aryl methyl sites for hydroxylation is 1. The second-order valence-electron chi connectivity index (χ2n) is 4.82. The summed E-state index contributed by atoms with van der Waals surface area (Å²) >= 11 is 0. The summed E-state index contributed by atoms with van der Waals surface area (Å²) in [6.07, 6.45) is -10.6. The summed E-state index contributed by atoms with van der Waals surface area (Å²) in [6, 6.07) is 2.47. The zero-order valence-electron chi connectivity index (χ0n) is 11.9. The van der Waals surface area contributed by atoms with Gasteiger partial charge >= 0.3 is 12.4 Å². The van der Waals surface area contributed by atoms with E-state index in [1.54, 1.807) is 6.92 Å². The molecule has 2 aromatic rings. The number of benzene rings is 1. The quantitative estimate of drug-likeness (QED) is 0.654. The van der Waals surface area contributed by atoms with Crippen molar-refractivity contribution in [2.45, 2.75) is 26.2 Å². The van der Waals surface area contributed by atoms with Crippen molar-refractivity contribution in [2.24, 2.45) is 0 Å². The Hall–Kier alpha value is -2.19. The monoisotopic (exact) mass is 339 g/mol. The van der Waals surface area contributed by atoms with Gasteiger partial charge in [-0.05, 0) is 31.5 Å². The van der Waals surface area contributed by atoms with Crippen molar-refractivity contribution in [3.63, 3.8) is 0 Å². The number of ether oxygens (including phenoxy) is 1. The van der Waals surface area contributed by atoms with Crippen LogP contribution in [0.25, 0.3) is 10.9 Å². The van der Waals surface area contributed by atoms with Crippen molar-refractivity contribution in [3.05, 3.63) is 29.0 Å². The van der Waals surface area contributed by atoms with E-state index in [9.17, 15) is 31.1 Å². The Balaban J connectivity index is 2.89. The van der Waals surface area contributed by atoms with E-state index < -0.39 is 34.8 Å². The molecule has 0 saturated heterocycles. The molecule has 2 rings (SSSR count). The topological polar surface area (TPSA) is 42.1 Å². The van der Waals surface area contributed by atoms with Crippen molar-refractivity contribution in [1.29, 1.82) is 0 Å². The SMILES string of the molecule is CCOc1cc(C)cc2c(C(=O)C(F)(F)F)c(C(F)(F)F)[nH]c12. The van der Waals surface area contributed by atoms with Gasteiger partial charge in [0.15, 0.2) is 0 Å². The number of hydrogen-bond donors (Lipinski definition) is 1. The van der Waals surface area contributed by atoms with Crippen molar-refractivity contribution in [3.8, 4) is 5.75 Å². The van der Waals surface area contributed by atoms with Gasteiger partial charge in [-0.3, -0.25) is 4.79 Å². The number of Topliss-reactive ketones (excluding diaryl/α,β-unsaturated/α-hetero) is 1. The van der Waals surface area contributed by atoms with Gasteiger partial charge in [0.1, 0.15) is 11.4 Å². The standard InChI is InChI=1S/C14H11F6NO2/c1-3-23-8-5-6(2)4-7-9(12(22)14(18,19)20)11(13(15,16)17)21-10(7)8/h4-5,21H,3H2,1-2H3. The van der Waals surface area contributed by atoms with Crippen LogP contribution in [0, 0.1) is 6.92 Å². The molecule has 0 bridgehead atoms. The molecule has 9 heteroatoms. The van der Waals surface area contributed by atoms with E-state index in [1.165, 1.54) is 13.0 Å². The van der Waals surface area contributed by atoms with E-state index in [4.69, 9.17) is 4.74 Å². The van der Waals surface area contributed by atoms with Crippen LogP contribution in [0.15, 0.2) is 12.1 Å². The van der Waals surface area contributed by atoms with Gasteiger partial charge in [0.2, 0.25) is 0 Å². The number of H-pyrrole nitrogens is 1. The highest BCUT2D eigenvalue weighted by Crippen LogP contribution is 2.41. The van der Waals surface area contributed by atoms with E-state index in [0.717, 1.165) is 6.07 Å². The van der Waals surface area contributed by atoms with E-state index in [-0.39, 0.29) is 17.9 Å². The van der Waals surface area contributed by atoms with E-state index >= 15 is 0 Å². The number of hydrogen-bond acceptors (Lipinski definition) is 2. The van der Waals surface area contributed by atoms with Crippen LogP contribution in [0.5, 0.6) is 5.75 Å². The molecule has 0 fully saturated rings. The highest BCUT2D eigenvalue weighted by molar-refractivity contribution is 6.13. The fourth-order valence-corrected chi connectivity index (χ4v) is 2.26. The summed E-state index contributed by atoms with van der Waals surface area (Å²) < 4.78 is 82.4. The molecule has 0 spiro atoms. The van der Waals surface area contributed by atoms with Crippen LogP contribution in [0.2, 0.25) is 0 Å². The first-order chi connectivity index (χ1) is 10.5. The normalized spacial score (nSPS) is 12.7. The Morgan fingerprint density at radius 3 is 2.26 bits per heavy atom. The number of rotatable bonds is 3. The summed E-state index contributed by atoms with van der Waals surface area (Å²) in [5, 5.41) is -0.469. The van der Waals surface area contributed by atoms with E-state index in [1.807, 2.05) is 4.98 Å². The molecule has 0 saturated carbocycles. The zero-order valence-corrected chi connectivity index (χ0v) is 11.9. The summed E-state index contributed by atoms with van der Waals surface area (Å²) in [5.74, 6) is -2.60. The Morgan fingerprint density at radius 2 is 1.78 bits per heavy atom. The molecule has 0 atom stereocenters. The van der Waals surface area contributed by atoms with Crippen LogP contribution in [0.4, 0.5) is 26.3 Å². The van der Waals surface area contributed by atoms with Gasteiger partial charge in [0.05, 0.1) is 17.7 Å². The average molecular weight is 339 g/mol. The number of alkyl halides is 6. The number of fused-ring (bicyclic) bond motifs is 1. The number of nitrogens with one attached hydrogen (secondary N) is 1. The van der Waals surface area contributed by atoms with Crippen LogP contribution < -0.4 is 4.74 Å². The first-order valence-electron chi connectivity index (χ1n) is 6.44. The largest absolute Gasteiger partial charge is 0.492 e. The predicted octanol–water partition coefficient (Wildman–Crippen LogP) is 4.64. The second-order valence-corrected chi connectivity index (χ2v) is 4.82. The van der Waals surface area contributed by atoms with Gasteiger partial charge in [0, 0.05) is 5.39 Å². The van der Waals surface area contributed by atoms with Crippen molar-refractivity contribution in [1.82, 2.24) is 4.98 Å². The number of aromatic nitrogens is 1. The van der Waals surface area contributed by atoms with Crippen molar-refractivity contribution in [2.75, 3.05) is 6.61 Å². The minimum atomic E-state index is -5.43. The van der Waals surface area contributed by atoms with Crippen LogP contribution in [0.1, 0.15) is 28.5 Å². The molecule has 1 aromatic carbocycles. The summed E-state index contributed by atoms with van der Waals surface area (Å²) in [5.41, 5.74) is -3.10. The Kier molecular flexibility index (Phi) is 4.08. The first kappa shape index (κ1) is 17.2. The number of ketones is 1. The van der Waals surface area contributed by atoms with Gasteiger partial charge < -0.3 is 9.72 Å². The molecule has 0 aliphatic heterocycles. The van der Waals surface area contributed by atoms with Crippen molar-refractivity contribution >= 4 is 16.7 Å². The summed E-state index contributed by atoms with van der Waals surface area (Å²) in [6.45, 7) is 3.15. The third-order valence-corrected chi connectivity index (χ3v) is 3.08. The van der Waals surface area contributed by atoms with Gasteiger partial charge in [-0.1, -0.05) is 0 Å². The maximum absolute atomic E-state index is 13.1. The lowest BCUT2D eigenvalue weighted by molar-refractivity contribution is -0.141. The van der Waals surface area contributed by atoms with Gasteiger partial charge in [0.25, 0.3) is 5.78 Å². The fraction of sp³-hybridized carbons (Fsp3) is 0.357. The van der Waals surface area contributed by atoms with Gasteiger partial charge in [-0.15, -0.1) is 0 Å². The lowest BCUT2D eigenvalue weighted by Gasteiger charge is -2.09. The average Bonchev–Trinajstić information content (AvgIpc) is 2.76. The molecule has 1 N–H and O–H groups in total. The van der Waals surface area contributed by atoms with E-state index in [2.05, 4.69) is 0 Å². The van der Waals surface area contributed by atoms with Crippen LogP contribution in [-0.4, -0.2) is 23.6 Å². The predicted molar refractivity (Wildman–Crippen MR) is 69.6 cm³/mol.